The van der Waals surface area contributed by atoms with Crippen molar-refractivity contribution >= 4 is 11.6 Å². The fourth-order valence-corrected chi connectivity index (χ4v) is 2.12. The maximum Gasteiger partial charge on any atom is 0.145 e. The Morgan fingerprint density at radius 3 is 3.07 bits per heavy atom. The number of benzene rings is 1. The van der Waals surface area contributed by atoms with Gasteiger partial charge in [0.15, 0.2) is 0 Å². The van der Waals surface area contributed by atoms with Gasteiger partial charge in [-0.2, -0.15) is 0 Å². The highest BCUT2D eigenvalue weighted by Gasteiger charge is 2.21. The molecule has 3 N–H and O–H groups in total. The van der Waals surface area contributed by atoms with Gasteiger partial charge in [0.1, 0.15) is 16.5 Å². The molecule has 2 rings (SSSR count). The van der Waals surface area contributed by atoms with Gasteiger partial charge in [-0.25, -0.2) is 0 Å². The minimum absolute atomic E-state index is 0.144. The number of aromatic hydroxyl groups is 1. The van der Waals surface area contributed by atoms with Crippen molar-refractivity contribution in [1.29, 1.82) is 0 Å². The first-order chi connectivity index (χ1) is 7.24. The number of halogens is 1. The lowest BCUT2D eigenvalue weighted by molar-refractivity contribution is 0.354. The second-order valence-corrected chi connectivity index (χ2v) is 4.06. The van der Waals surface area contributed by atoms with Gasteiger partial charge in [-0.15, -0.1) is 0 Å². The number of aryl methyl sites for hydroxylation is 1. The third-order valence-electron chi connectivity index (χ3n) is 2.62. The number of hydrogen-bond acceptors (Lipinski definition) is 3. The summed E-state index contributed by atoms with van der Waals surface area (Å²) < 4.78 is 5.35. The second-order valence-electron chi connectivity index (χ2n) is 3.68. The largest absolute Gasteiger partial charge is 0.506 e. The van der Waals surface area contributed by atoms with E-state index in [9.17, 15) is 5.11 Å². The van der Waals surface area contributed by atoms with Crippen LogP contribution in [0.15, 0.2) is 6.07 Å². The van der Waals surface area contributed by atoms with Crippen LogP contribution in [0.5, 0.6) is 11.5 Å². The summed E-state index contributed by atoms with van der Waals surface area (Å²) in [5, 5.41) is 10.2. The number of ether oxygens (including phenoxy) is 1. The van der Waals surface area contributed by atoms with Crippen LogP contribution in [0.2, 0.25) is 5.02 Å². The third-order valence-corrected chi connectivity index (χ3v) is 2.97. The van der Waals surface area contributed by atoms with E-state index in [1.54, 1.807) is 0 Å². The molecule has 0 amide bonds. The molecule has 82 valence electrons. The molecule has 0 atom stereocenters. The molecule has 1 heterocycles. The topological polar surface area (TPSA) is 55.5 Å². The Hall–Kier alpha value is -0.930. The molecule has 0 aliphatic carbocycles. The van der Waals surface area contributed by atoms with Gasteiger partial charge >= 0.3 is 0 Å². The van der Waals surface area contributed by atoms with E-state index in [-0.39, 0.29) is 5.75 Å². The molecule has 1 aliphatic rings. The quantitative estimate of drug-likeness (QED) is 0.829. The molecule has 0 bridgehead atoms. The summed E-state index contributed by atoms with van der Waals surface area (Å²) in [7, 11) is 0. The summed E-state index contributed by atoms with van der Waals surface area (Å²) in [6.45, 7) is 1.26. The first-order valence-electron chi connectivity index (χ1n) is 5.10. The van der Waals surface area contributed by atoms with Crippen molar-refractivity contribution in [2.45, 2.75) is 19.3 Å². The Balaban J connectivity index is 2.36. The minimum Gasteiger partial charge on any atom is -0.506 e. The van der Waals surface area contributed by atoms with E-state index in [4.69, 9.17) is 22.1 Å². The van der Waals surface area contributed by atoms with Crippen molar-refractivity contribution in [1.82, 2.24) is 0 Å². The molecule has 4 heteroatoms. The van der Waals surface area contributed by atoms with Gasteiger partial charge in [0.2, 0.25) is 0 Å². The molecule has 1 aromatic carbocycles. The van der Waals surface area contributed by atoms with Gasteiger partial charge in [0.25, 0.3) is 0 Å². The predicted octanol–water partition coefficient (Wildman–Crippen LogP) is 1.87. The monoisotopic (exact) mass is 227 g/mol. The van der Waals surface area contributed by atoms with E-state index in [1.807, 2.05) is 6.07 Å². The Morgan fingerprint density at radius 2 is 2.33 bits per heavy atom. The van der Waals surface area contributed by atoms with Crippen molar-refractivity contribution in [3.63, 3.8) is 0 Å². The fourth-order valence-electron chi connectivity index (χ4n) is 1.82. The maximum atomic E-state index is 9.84. The van der Waals surface area contributed by atoms with E-state index in [0.29, 0.717) is 23.9 Å². The van der Waals surface area contributed by atoms with Gasteiger partial charge in [0.05, 0.1) is 6.61 Å². The van der Waals surface area contributed by atoms with Crippen molar-refractivity contribution < 1.29 is 9.84 Å². The molecule has 0 saturated heterocycles. The first-order valence-corrected chi connectivity index (χ1v) is 5.48. The molecule has 1 aromatic rings. The van der Waals surface area contributed by atoms with E-state index in [2.05, 4.69) is 0 Å². The molecular weight excluding hydrogens is 214 g/mol. The molecule has 0 saturated carbocycles. The average molecular weight is 228 g/mol. The molecule has 0 fully saturated rings. The van der Waals surface area contributed by atoms with Crippen molar-refractivity contribution in [2.24, 2.45) is 5.73 Å². The van der Waals surface area contributed by atoms with E-state index in [0.717, 1.165) is 30.4 Å². The Morgan fingerprint density at radius 1 is 1.53 bits per heavy atom. The van der Waals surface area contributed by atoms with Crippen LogP contribution in [0.25, 0.3) is 0 Å². The first kappa shape index (κ1) is 10.6. The smallest absolute Gasteiger partial charge is 0.145 e. The average Bonchev–Trinajstić information content (AvgIpc) is 2.69. The highest BCUT2D eigenvalue weighted by molar-refractivity contribution is 6.33. The molecule has 0 radical (unpaired) electrons. The number of phenolic OH excluding ortho intramolecular Hbond substituents is 1. The minimum atomic E-state index is 0.144. The Labute approximate surface area is 93.8 Å². The summed E-state index contributed by atoms with van der Waals surface area (Å²) in [4.78, 5) is 0. The highest BCUT2D eigenvalue weighted by Crippen LogP contribution is 2.42. The Bertz CT molecular complexity index is 379. The number of fused-ring (bicyclic) bond motifs is 1. The van der Waals surface area contributed by atoms with E-state index in [1.165, 1.54) is 0 Å². The lowest BCUT2D eigenvalue weighted by Crippen LogP contribution is -2.01. The summed E-state index contributed by atoms with van der Waals surface area (Å²) in [5.74, 6) is 0.788. The van der Waals surface area contributed by atoms with Crippen molar-refractivity contribution in [3.8, 4) is 11.5 Å². The second kappa shape index (κ2) is 4.29. The van der Waals surface area contributed by atoms with Gasteiger partial charge in [-0.1, -0.05) is 11.6 Å². The number of hydrogen-bond donors (Lipinski definition) is 2. The van der Waals surface area contributed by atoms with Gasteiger partial charge in [0, 0.05) is 6.42 Å². The zero-order valence-electron chi connectivity index (χ0n) is 8.42. The molecule has 15 heavy (non-hydrogen) atoms. The molecule has 0 aromatic heterocycles. The van der Waals surface area contributed by atoms with Gasteiger partial charge in [-0.3, -0.25) is 0 Å². The van der Waals surface area contributed by atoms with E-state index >= 15 is 0 Å². The molecule has 0 unspecified atom stereocenters. The molecular formula is C11H14ClNO2. The van der Waals surface area contributed by atoms with Crippen molar-refractivity contribution in [2.75, 3.05) is 13.2 Å². The van der Waals surface area contributed by atoms with E-state index < -0.39 is 0 Å². The van der Waals surface area contributed by atoms with Crippen LogP contribution in [0.4, 0.5) is 0 Å². The lowest BCUT2D eigenvalue weighted by Gasteiger charge is -2.09. The summed E-state index contributed by atoms with van der Waals surface area (Å²) in [5.41, 5.74) is 7.40. The zero-order valence-corrected chi connectivity index (χ0v) is 9.18. The molecule has 3 nitrogen and oxygen atoms in total. The zero-order chi connectivity index (χ0) is 10.8. The van der Waals surface area contributed by atoms with Crippen LogP contribution >= 0.6 is 11.6 Å². The maximum absolute atomic E-state index is 9.84. The predicted molar refractivity (Wildman–Crippen MR) is 59.7 cm³/mol. The number of phenols is 1. The summed E-state index contributed by atoms with van der Waals surface area (Å²) in [6, 6.07) is 1.97. The normalized spacial score (nSPS) is 13.7. The summed E-state index contributed by atoms with van der Waals surface area (Å²) in [6.07, 6.45) is 2.48. The highest BCUT2D eigenvalue weighted by atomic mass is 35.5. The van der Waals surface area contributed by atoms with Gasteiger partial charge in [-0.05, 0) is 36.6 Å². The van der Waals surface area contributed by atoms with Crippen LogP contribution in [0.3, 0.4) is 0 Å². The molecule has 0 spiro atoms. The number of nitrogens with two attached hydrogens (primary N) is 1. The van der Waals surface area contributed by atoms with Gasteiger partial charge < -0.3 is 15.6 Å². The van der Waals surface area contributed by atoms with Crippen LogP contribution in [0.1, 0.15) is 17.5 Å². The van der Waals surface area contributed by atoms with Crippen LogP contribution in [0, 0.1) is 0 Å². The molecule has 1 aliphatic heterocycles. The van der Waals surface area contributed by atoms with Crippen LogP contribution in [-0.2, 0) is 12.8 Å². The third kappa shape index (κ3) is 1.90. The van der Waals surface area contributed by atoms with Crippen molar-refractivity contribution in [3.05, 3.63) is 22.2 Å². The fraction of sp³-hybridized carbons (Fsp3) is 0.455. The SMILES string of the molecule is NCCCc1cc2c(c(Cl)c1O)OCC2. The Kier molecular flexibility index (Phi) is 3.03. The number of rotatable bonds is 3. The lowest BCUT2D eigenvalue weighted by atomic mass is 10.0. The van der Waals surface area contributed by atoms with Crippen LogP contribution in [-0.4, -0.2) is 18.3 Å². The van der Waals surface area contributed by atoms with Crippen LogP contribution < -0.4 is 10.5 Å². The summed E-state index contributed by atoms with van der Waals surface area (Å²) >= 11 is 6.02. The standard InChI is InChI=1S/C11H14ClNO2/c12-9-10(14)7(2-1-4-13)6-8-3-5-15-11(8)9/h6,14H,1-5,13H2.